The lowest BCUT2D eigenvalue weighted by Gasteiger charge is -2.28. The van der Waals surface area contributed by atoms with E-state index in [1.165, 1.54) is 12.1 Å². The van der Waals surface area contributed by atoms with Crippen molar-refractivity contribution in [2.45, 2.75) is 18.5 Å². The van der Waals surface area contributed by atoms with E-state index in [-0.39, 0.29) is 17.6 Å². The number of amides is 2. The Balaban J connectivity index is 2.04. The van der Waals surface area contributed by atoms with Crippen LogP contribution in [0.3, 0.4) is 0 Å². The first kappa shape index (κ1) is 12.4. The molecule has 1 fully saturated rings. The van der Waals surface area contributed by atoms with Crippen LogP contribution >= 0.6 is 0 Å². The average Bonchev–Trinajstić information content (AvgIpc) is 2.36. The van der Waals surface area contributed by atoms with Gasteiger partial charge in [0.25, 0.3) is 0 Å². The zero-order valence-corrected chi connectivity index (χ0v) is 9.59. The molecule has 1 saturated heterocycles. The Morgan fingerprint density at radius 2 is 1.56 bits per heavy atom. The van der Waals surface area contributed by atoms with E-state index in [2.05, 4.69) is 10.6 Å². The maximum atomic E-state index is 11.7. The number of rotatable bonds is 3. The van der Waals surface area contributed by atoms with Crippen molar-refractivity contribution < 1.29 is 19.8 Å². The molecule has 2 rings (SSSR count). The second kappa shape index (κ2) is 5.05. The molecule has 6 heteroatoms. The summed E-state index contributed by atoms with van der Waals surface area (Å²) in [5.41, 5.74) is 0.829. The lowest BCUT2D eigenvalue weighted by atomic mass is 10.0. The fraction of sp³-hybridized carbons (Fsp3) is 0.333. The number of hydrogen-bond acceptors (Lipinski definition) is 4. The van der Waals surface area contributed by atoms with Crippen LogP contribution in [0.4, 0.5) is 0 Å². The standard InChI is InChI=1S/C12H14N2O4/c15-6-10-12(18)13-9(11(17)14-10)5-7-1-3-8(16)4-2-7/h1-4,9-10,15-16H,5-6H2,(H,13,18)(H,14,17)/t9-,10-/m1/s1. The van der Waals surface area contributed by atoms with E-state index in [1.807, 2.05) is 0 Å². The summed E-state index contributed by atoms with van der Waals surface area (Å²) in [4.78, 5) is 23.2. The second-order valence-electron chi connectivity index (χ2n) is 4.18. The van der Waals surface area contributed by atoms with Gasteiger partial charge in [-0.3, -0.25) is 9.59 Å². The van der Waals surface area contributed by atoms with Gasteiger partial charge < -0.3 is 20.8 Å². The molecule has 0 aromatic heterocycles. The number of aromatic hydroxyl groups is 1. The first-order valence-electron chi connectivity index (χ1n) is 5.59. The number of hydrogen-bond donors (Lipinski definition) is 4. The van der Waals surface area contributed by atoms with Crippen molar-refractivity contribution in [3.8, 4) is 5.75 Å². The van der Waals surface area contributed by atoms with Gasteiger partial charge in [0.2, 0.25) is 11.8 Å². The highest BCUT2D eigenvalue weighted by atomic mass is 16.3. The highest BCUT2D eigenvalue weighted by Gasteiger charge is 2.32. The lowest BCUT2D eigenvalue weighted by Crippen LogP contribution is -2.63. The van der Waals surface area contributed by atoms with Gasteiger partial charge >= 0.3 is 0 Å². The number of phenolic OH excluding ortho intramolecular Hbond substituents is 1. The molecule has 0 saturated carbocycles. The number of aliphatic hydroxyl groups excluding tert-OH is 1. The Kier molecular flexibility index (Phi) is 3.47. The van der Waals surface area contributed by atoms with E-state index in [1.54, 1.807) is 12.1 Å². The third-order valence-corrected chi connectivity index (χ3v) is 2.82. The molecule has 1 heterocycles. The molecule has 0 bridgehead atoms. The summed E-state index contributed by atoms with van der Waals surface area (Å²) in [6.45, 7) is -0.413. The maximum Gasteiger partial charge on any atom is 0.245 e. The van der Waals surface area contributed by atoms with Gasteiger partial charge in [0.1, 0.15) is 17.8 Å². The zero-order chi connectivity index (χ0) is 13.1. The predicted molar refractivity (Wildman–Crippen MR) is 62.8 cm³/mol. The third kappa shape index (κ3) is 2.60. The lowest BCUT2D eigenvalue weighted by molar-refractivity contribution is -0.137. The fourth-order valence-corrected chi connectivity index (χ4v) is 1.82. The molecule has 1 aromatic rings. The smallest absolute Gasteiger partial charge is 0.245 e. The molecular weight excluding hydrogens is 236 g/mol. The number of aliphatic hydroxyl groups is 1. The SMILES string of the molecule is O=C1N[C@H](Cc2ccc(O)cc2)C(=O)N[C@@H]1CO. The minimum Gasteiger partial charge on any atom is -0.508 e. The van der Waals surface area contributed by atoms with E-state index in [9.17, 15) is 9.59 Å². The average molecular weight is 250 g/mol. The summed E-state index contributed by atoms with van der Waals surface area (Å²) >= 11 is 0. The van der Waals surface area contributed by atoms with Crippen LogP contribution in [0.15, 0.2) is 24.3 Å². The zero-order valence-electron chi connectivity index (χ0n) is 9.59. The molecule has 2 atom stereocenters. The Morgan fingerprint density at radius 3 is 2.17 bits per heavy atom. The van der Waals surface area contributed by atoms with Crippen molar-refractivity contribution in [2.75, 3.05) is 6.61 Å². The van der Waals surface area contributed by atoms with Gasteiger partial charge in [-0.1, -0.05) is 12.1 Å². The summed E-state index contributed by atoms with van der Waals surface area (Å²) in [6, 6.07) is 4.90. The fourth-order valence-electron chi connectivity index (χ4n) is 1.82. The van der Waals surface area contributed by atoms with E-state index in [0.717, 1.165) is 5.56 Å². The van der Waals surface area contributed by atoms with Crippen molar-refractivity contribution in [2.24, 2.45) is 0 Å². The van der Waals surface area contributed by atoms with Gasteiger partial charge in [0.15, 0.2) is 0 Å². The number of piperazine rings is 1. The maximum absolute atomic E-state index is 11.7. The van der Waals surface area contributed by atoms with Crippen molar-refractivity contribution in [3.63, 3.8) is 0 Å². The molecule has 0 radical (unpaired) electrons. The summed E-state index contributed by atoms with van der Waals surface area (Å²) < 4.78 is 0. The van der Waals surface area contributed by atoms with Crippen LogP contribution in [0.1, 0.15) is 5.56 Å². The van der Waals surface area contributed by atoms with Gasteiger partial charge in [-0.25, -0.2) is 0 Å². The largest absolute Gasteiger partial charge is 0.508 e. The highest BCUT2D eigenvalue weighted by molar-refractivity contribution is 5.97. The van der Waals surface area contributed by atoms with Crippen molar-refractivity contribution in [1.82, 2.24) is 10.6 Å². The monoisotopic (exact) mass is 250 g/mol. The number of carbonyl (C=O) groups excluding carboxylic acids is 2. The first-order valence-corrected chi connectivity index (χ1v) is 5.59. The van der Waals surface area contributed by atoms with E-state index in [0.29, 0.717) is 6.42 Å². The van der Waals surface area contributed by atoms with Crippen LogP contribution in [0.5, 0.6) is 5.75 Å². The van der Waals surface area contributed by atoms with Crippen LogP contribution in [0.2, 0.25) is 0 Å². The molecule has 6 nitrogen and oxygen atoms in total. The Morgan fingerprint density at radius 1 is 1.00 bits per heavy atom. The summed E-state index contributed by atoms with van der Waals surface area (Å²) in [5.74, 6) is -0.557. The summed E-state index contributed by atoms with van der Waals surface area (Å²) in [7, 11) is 0. The number of benzene rings is 1. The van der Waals surface area contributed by atoms with E-state index in [4.69, 9.17) is 10.2 Å². The van der Waals surface area contributed by atoms with Crippen LogP contribution in [0, 0.1) is 0 Å². The third-order valence-electron chi connectivity index (χ3n) is 2.82. The van der Waals surface area contributed by atoms with Crippen LogP contribution < -0.4 is 10.6 Å². The Bertz CT molecular complexity index is 458. The van der Waals surface area contributed by atoms with Gasteiger partial charge in [0.05, 0.1) is 6.61 Å². The van der Waals surface area contributed by atoms with Gasteiger partial charge in [0, 0.05) is 6.42 Å². The molecule has 1 aliphatic heterocycles. The molecule has 1 aliphatic rings. The van der Waals surface area contributed by atoms with E-state index < -0.39 is 18.7 Å². The van der Waals surface area contributed by atoms with Gasteiger partial charge in [-0.2, -0.15) is 0 Å². The van der Waals surface area contributed by atoms with Crippen molar-refractivity contribution in [3.05, 3.63) is 29.8 Å². The summed E-state index contributed by atoms with van der Waals surface area (Å²) in [5, 5.41) is 23.0. The van der Waals surface area contributed by atoms with Gasteiger partial charge in [-0.05, 0) is 17.7 Å². The van der Waals surface area contributed by atoms with Crippen molar-refractivity contribution >= 4 is 11.8 Å². The predicted octanol–water partition coefficient (Wildman–Crippen LogP) is -1.09. The Labute approximate surface area is 104 Å². The minimum absolute atomic E-state index is 0.149. The molecule has 0 aliphatic carbocycles. The quantitative estimate of drug-likeness (QED) is 0.548. The second-order valence-corrected chi connectivity index (χ2v) is 4.18. The van der Waals surface area contributed by atoms with Crippen LogP contribution in [-0.4, -0.2) is 40.7 Å². The van der Waals surface area contributed by atoms with E-state index >= 15 is 0 Å². The topological polar surface area (TPSA) is 98.7 Å². The minimum atomic E-state index is -0.867. The molecule has 2 amide bonds. The first-order chi connectivity index (χ1) is 8.60. The Hall–Kier alpha value is -2.08. The normalized spacial score (nSPS) is 23.4. The summed E-state index contributed by atoms with van der Waals surface area (Å²) in [6.07, 6.45) is 0.343. The molecule has 1 aromatic carbocycles. The van der Waals surface area contributed by atoms with Crippen molar-refractivity contribution in [1.29, 1.82) is 0 Å². The molecule has 96 valence electrons. The molecule has 4 N–H and O–H groups in total. The molecular formula is C12H14N2O4. The highest BCUT2D eigenvalue weighted by Crippen LogP contribution is 2.12. The molecule has 18 heavy (non-hydrogen) atoms. The van der Waals surface area contributed by atoms with Gasteiger partial charge in [-0.15, -0.1) is 0 Å². The number of nitrogens with one attached hydrogen (secondary N) is 2. The molecule has 0 unspecified atom stereocenters. The van der Waals surface area contributed by atoms with Crippen LogP contribution in [-0.2, 0) is 16.0 Å². The number of phenols is 1. The number of carbonyl (C=O) groups is 2. The van der Waals surface area contributed by atoms with Crippen LogP contribution in [0.25, 0.3) is 0 Å². The molecule has 0 spiro atoms.